The molecule has 1 aromatic heterocycles. The smallest absolute Gasteiger partial charge is 0.129 e. The topological polar surface area (TPSA) is 41.0 Å². The Kier molecular flexibility index (Phi) is 5.04. The lowest BCUT2D eigenvalue weighted by Crippen LogP contribution is -2.31. The minimum absolute atomic E-state index is 0.209. The van der Waals surface area contributed by atoms with Gasteiger partial charge in [-0.3, -0.25) is 0 Å². The van der Waals surface area contributed by atoms with Crippen LogP contribution in [0.2, 0.25) is 10.0 Å². The normalized spacial score (nSPS) is 16.8. The highest BCUT2D eigenvalue weighted by atomic mass is 35.5. The number of rotatable bonds is 3. The summed E-state index contributed by atoms with van der Waals surface area (Å²) in [5.74, 6) is 1.01. The van der Waals surface area contributed by atoms with Crippen LogP contribution in [0.25, 0.3) is 11.3 Å². The first-order valence-corrected chi connectivity index (χ1v) is 9.57. The third-order valence-electron chi connectivity index (χ3n) is 5.00. The lowest BCUT2D eigenvalue weighted by molar-refractivity contribution is 0.295. The lowest BCUT2D eigenvalue weighted by atomic mass is 9.84. The van der Waals surface area contributed by atoms with E-state index in [1.165, 1.54) is 11.1 Å². The van der Waals surface area contributed by atoms with Crippen molar-refractivity contribution >= 4 is 29.0 Å². The minimum atomic E-state index is 0.209. The first-order valence-electron chi connectivity index (χ1n) is 8.81. The summed E-state index contributed by atoms with van der Waals surface area (Å²) in [6.45, 7) is 1.75. The molecule has 0 saturated heterocycles. The van der Waals surface area contributed by atoms with E-state index in [1.54, 1.807) is 6.33 Å². The van der Waals surface area contributed by atoms with Gasteiger partial charge in [-0.05, 0) is 41.9 Å². The maximum Gasteiger partial charge on any atom is 0.129 e. The molecule has 6 heteroatoms. The van der Waals surface area contributed by atoms with Gasteiger partial charge in [-0.2, -0.15) is 0 Å². The fourth-order valence-corrected chi connectivity index (χ4v) is 4.27. The molecule has 0 radical (unpaired) electrons. The quantitative estimate of drug-likeness (QED) is 0.668. The Balaban J connectivity index is 1.79. The van der Waals surface area contributed by atoms with Crippen molar-refractivity contribution in [1.29, 1.82) is 0 Å². The SMILES string of the molecule is CNc1cc(-c2cccc([C@@H]3CN(C)Cc4c(Cl)cc(Cl)cc43)c2)ncn1. The van der Waals surface area contributed by atoms with Gasteiger partial charge in [0.15, 0.2) is 0 Å². The Morgan fingerprint density at radius 3 is 2.78 bits per heavy atom. The van der Waals surface area contributed by atoms with E-state index in [4.69, 9.17) is 23.2 Å². The van der Waals surface area contributed by atoms with Crippen LogP contribution in [0.5, 0.6) is 0 Å². The summed E-state index contributed by atoms with van der Waals surface area (Å²) in [7, 11) is 3.97. The highest BCUT2D eigenvalue weighted by Gasteiger charge is 2.27. The second-order valence-electron chi connectivity index (χ2n) is 6.87. The molecule has 0 fully saturated rings. The molecule has 27 heavy (non-hydrogen) atoms. The van der Waals surface area contributed by atoms with Crippen LogP contribution in [-0.4, -0.2) is 35.5 Å². The van der Waals surface area contributed by atoms with Gasteiger partial charge in [-0.25, -0.2) is 9.97 Å². The summed E-state index contributed by atoms with van der Waals surface area (Å²) in [6, 6.07) is 14.3. The predicted molar refractivity (Wildman–Crippen MR) is 112 cm³/mol. The van der Waals surface area contributed by atoms with E-state index < -0.39 is 0 Å². The van der Waals surface area contributed by atoms with Crippen molar-refractivity contribution < 1.29 is 0 Å². The van der Waals surface area contributed by atoms with Gasteiger partial charge < -0.3 is 10.2 Å². The molecule has 2 heterocycles. The number of anilines is 1. The first kappa shape index (κ1) is 18.2. The molecule has 1 aliphatic rings. The van der Waals surface area contributed by atoms with Crippen LogP contribution in [0.3, 0.4) is 0 Å². The zero-order valence-electron chi connectivity index (χ0n) is 15.2. The van der Waals surface area contributed by atoms with Crippen LogP contribution < -0.4 is 5.32 Å². The third-order valence-corrected chi connectivity index (χ3v) is 5.56. The summed E-state index contributed by atoms with van der Waals surface area (Å²) >= 11 is 12.8. The zero-order chi connectivity index (χ0) is 19.0. The van der Waals surface area contributed by atoms with E-state index in [2.05, 4.69) is 57.6 Å². The summed E-state index contributed by atoms with van der Waals surface area (Å²) in [5.41, 5.74) is 5.55. The molecule has 0 saturated carbocycles. The average Bonchev–Trinajstić information content (AvgIpc) is 2.68. The van der Waals surface area contributed by atoms with Crippen LogP contribution in [-0.2, 0) is 6.54 Å². The van der Waals surface area contributed by atoms with E-state index in [9.17, 15) is 0 Å². The van der Waals surface area contributed by atoms with Gasteiger partial charge in [-0.15, -0.1) is 0 Å². The second-order valence-corrected chi connectivity index (χ2v) is 7.71. The van der Waals surface area contributed by atoms with Gasteiger partial charge in [0.25, 0.3) is 0 Å². The molecule has 0 amide bonds. The van der Waals surface area contributed by atoms with Gasteiger partial charge in [-0.1, -0.05) is 41.4 Å². The van der Waals surface area contributed by atoms with Crippen LogP contribution in [0.15, 0.2) is 48.8 Å². The van der Waals surface area contributed by atoms with Crippen molar-refractivity contribution in [2.75, 3.05) is 26.0 Å². The molecule has 1 N–H and O–H groups in total. The minimum Gasteiger partial charge on any atom is -0.373 e. The maximum atomic E-state index is 6.49. The molecule has 4 nitrogen and oxygen atoms in total. The average molecular weight is 399 g/mol. The molecule has 0 spiro atoms. The van der Waals surface area contributed by atoms with E-state index in [0.717, 1.165) is 40.8 Å². The van der Waals surface area contributed by atoms with Gasteiger partial charge in [0.05, 0.1) is 5.69 Å². The van der Waals surface area contributed by atoms with E-state index >= 15 is 0 Å². The largest absolute Gasteiger partial charge is 0.373 e. The highest BCUT2D eigenvalue weighted by Crippen LogP contribution is 2.39. The van der Waals surface area contributed by atoms with Gasteiger partial charge in [0.2, 0.25) is 0 Å². The Morgan fingerprint density at radius 2 is 1.96 bits per heavy atom. The fraction of sp³-hybridized carbons (Fsp3) is 0.238. The molecule has 1 aliphatic heterocycles. The molecule has 1 atom stereocenters. The summed E-state index contributed by atoms with van der Waals surface area (Å²) in [6.07, 6.45) is 1.58. The van der Waals surface area contributed by atoms with E-state index in [-0.39, 0.29) is 5.92 Å². The van der Waals surface area contributed by atoms with Crippen molar-refractivity contribution in [2.45, 2.75) is 12.5 Å². The summed E-state index contributed by atoms with van der Waals surface area (Å²) < 4.78 is 0. The second kappa shape index (κ2) is 7.47. The van der Waals surface area contributed by atoms with Crippen molar-refractivity contribution in [3.8, 4) is 11.3 Å². The molecule has 0 unspecified atom stereocenters. The maximum absolute atomic E-state index is 6.49. The van der Waals surface area contributed by atoms with Crippen LogP contribution >= 0.6 is 23.2 Å². The van der Waals surface area contributed by atoms with Crippen LogP contribution in [0, 0.1) is 0 Å². The number of benzene rings is 2. The Morgan fingerprint density at radius 1 is 1.11 bits per heavy atom. The van der Waals surface area contributed by atoms with Crippen molar-refractivity contribution in [2.24, 2.45) is 0 Å². The molecular formula is C21H20Cl2N4. The van der Waals surface area contributed by atoms with Crippen molar-refractivity contribution in [1.82, 2.24) is 14.9 Å². The number of likely N-dealkylation sites (N-methyl/N-ethyl adjacent to an activating group) is 1. The van der Waals surface area contributed by atoms with Crippen LogP contribution in [0.4, 0.5) is 5.82 Å². The lowest BCUT2D eigenvalue weighted by Gasteiger charge is -2.33. The first-order chi connectivity index (χ1) is 13.0. The van der Waals surface area contributed by atoms with Gasteiger partial charge in [0, 0.05) is 47.7 Å². The Hall–Kier alpha value is -2.14. The Bertz CT molecular complexity index is 990. The standard InChI is InChI=1S/C21H20Cl2N4/c1-24-21-9-20(25-12-26-21)14-5-3-4-13(6-14)17-10-27(2)11-18-16(17)7-15(22)8-19(18)23/h3-9,12,17H,10-11H2,1-2H3,(H,24,25,26)/t17-/m0/s1. The summed E-state index contributed by atoms with van der Waals surface area (Å²) in [5, 5.41) is 4.47. The molecule has 2 aromatic carbocycles. The van der Waals surface area contributed by atoms with Crippen molar-refractivity contribution in [3.05, 3.63) is 75.5 Å². The van der Waals surface area contributed by atoms with E-state index in [0.29, 0.717) is 5.02 Å². The number of nitrogens with zero attached hydrogens (tertiary/aromatic N) is 3. The monoisotopic (exact) mass is 398 g/mol. The molecule has 0 bridgehead atoms. The fourth-order valence-electron chi connectivity index (χ4n) is 3.70. The predicted octanol–water partition coefficient (Wildman–Crippen LogP) is 5.07. The van der Waals surface area contributed by atoms with E-state index in [1.807, 2.05) is 19.2 Å². The summed E-state index contributed by atoms with van der Waals surface area (Å²) in [4.78, 5) is 10.9. The highest BCUT2D eigenvalue weighted by molar-refractivity contribution is 6.35. The number of aromatic nitrogens is 2. The van der Waals surface area contributed by atoms with Gasteiger partial charge in [0.1, 0.15) is 12.1 Å². The molecule has 3 aromatic rings. The number of hydrogen-bond donors (Lipinski definition) is 1. The number of halogens is 2. The molecular weight excluding hydrogens is 379 g/mol. The molecule has 0 aliphatic carbocycles. The van der Waals surface area contributed by atoms with Crippen LogP contribution in [0.1, 0.15) is 22.6 Å². The molecule has 138 valence electrons. The zero-order valence-corrected chi connectivity index (χ0v) is 16.7. The van der Waals surface area contributed by atoms with Crippen molar-refractivity contribution in [3.63, 3.8) is 0 Å². The number of nitrogens with one attached hydrogen (secondary N) is 1. The number of fused-ring (bicyclic) bond motifs is 1. The molecule has 4 rings (SSSR count). The Labute approximate surface area is 169 Å². The third kappa shape index (κ3) is 3.65. The van der Waals surface area contributed by atoms with Gasteiger partial charge >= 0.3 is 0 Å². The number of hydrogen-bond acceptors (Lipinski definition) is 4.